The molecule has 3 heterocycles. The van der Waals surface area contributed by atoms with E-state index in [1.54, 1.807) is 34.6 Å². The van der Waals surface area contributed by atoms with Crippen molar-refractivity contribution in [3.63, 3.8) is 0 Å². The third-order valence-corrected chi connectivity index (χ3v) is 7.38. The van der Waals surface area contributed by atoms with Gasteiger partial charge in [0.15, 0.2) is 4.80 Å². The third kappa shape index (κ3) is 4.33. The fourth-order valence-electron chi connectivity index (χ4n) is 3.46. The topological polar surface area (TPSA) is 60.7 Å². The molecule has 0 aliphatic carbocycles. The van der Waals surface area contributed by atoms with Crippen molar-refractivity contribution < 1.29 is 9.53 Å². The van der Waals surface area contributed by atoms with Crippen molar-refractivity contribution in [2.24, 2.45) is 4.99 Å². The Kier molecular flexibility index (Phi) is 6.31. The number of hydrogen-bond acceptors (Lipinski definition) is 7. The first-order chi connectivity index (χ1) is 14.9. The van der Waals surface area contributed by atoms with Gasteiger partial charge in [0.1, 0.15) is 0 Å². The number of ether oxygens (including phenoxy) is 1. The number of aromatic nitrogens is 1. The molecule has 0 bridgehead atoms. The molecule has 1 aliphatic rings. The first kappa shape index (κ1) is 21.8. The summed E-state index contributed by atoms with van der Waals surface area (Å²) in [5.74, 6) is -0.442. The molecule has 0 N–H and O–H groups in total. The van der Waals surface area contributed by atoms with Crippen LogP contribution < -0.4 is 14.9 Å². The maximum absolute atomic E-state index is 13.5. The monoisotopic (exact) mass is 470 g/mol. The number of hydrogen-bond donors (Lipinski definition) is 0. The van der Waals surface area contributed by atoms with Crippen LogP contribution in [0.5, 0.6) is 0 Å². The number of thiophene rings is 1. The Morgan fingerprint density at radius 1 is 1.26 bits per heavy atom. The molecule has 1 atom stereocenters. The largest absolute Gasteiger partial charge is 0.459 e. The minimum atomic E-state index is -0.580. The van der Waals surface area contributed by atoms with E-state index in [9.17, 15) is 9.59 Å². The van der Waals surface area contributed by atoms with Crippen LogP contribution in [0, 0.1) is 0 Å². The summed E-state index contributed by atoms with van der Waals surface area (Å²) in [5.41, 5.74) is 1.68. The van der Waals surface area contributed by atoms with Crippen LogP contribution in [0.1, 0.15) is 37.3 Å². The quantitative estimate of drug-likeness (QED) is 0.418. The summed E-state index contributed by atoms with van der Waals surface area (Å²) in [7, 11) is 0. The van der Waals surface area contributed by atoms with E-state index in [2.05, 4.69) is 4.99 Å². The average Bonchev–Trinajstić information content (AvgIpc) is 3.35. The van der Waals surface area contributed by atoms with Gasteiger partial charge in [0.05, 0.1) is 27.9 Å². The summed E-state index contributed by atoms with van der Waals surface area (Å²) in [6.45, 7) is 5.43. The zero-order valence-electron chi connectivity index (χ0n) is 17.6. The van der Waals surface area contributed by atoms with E-state index < -0.39 is 12.0 Å². The fraction of sp³-hybridized carbons (Fsp3) is 0.261. The van der Waals surface area contributed by atoms with Gasteiger partial charge >= 0.3 is 5.97 Å². The van der Waals surface area contributed by atoms with E-state index in [0.717, 1.165) is 15.3 Å². The van der Waals surface area contributed by atoms with Crippen molar-refractivity contribution in [2.45, 2.75) is 37.8 Å². The van der Waals surface area contributed by atoms with Gasteiger partial charge < -0.3 is 4.74 Å². The Hall–Kier alpha value is -2.42. The van der Waals surface area contributed by atoms with Crippen molar-refractivity contribution in [1.82, 2.24) is 4.57 Å². The second kappa shape index (κ2) is 8.98. The highest BCUT2D eigenvalue weighted by Crippen LogP contribution is 2.32. The Labute approximate surface area is 192 Å². The number of fused-ring (bicyclic) bond motifs is 1. The molecule has 160 valence electrons. The van der Waals surface area contributed by atoms with Crippen molar-refractivity contribution in [3.05, 3.63) is 83.2 Å². The maximum atomic E-state index is 13.5. The normalized spacial score (nSPS) is 16.4. The minimum absolute atomic E-state index is 0.154. The van der Waals surface area contributed by atoms with Gasteiger partial charge in [-0.25, -0.2) is 9.79 Å². The number of thioether (sulfide) groups is 1. The van der Waals surface area contributed by atoms with Gasteiger partial charge in [-0.1, -0.05) is 29.5 Å². The van der Waals surface area contributed by atoms with Crippen LogP contribution in [-0.2, 0) is 9.53 Å². The van der Waals surface area contributed by atoms with Crippen LogP contribution in [0.15, 0.2) is 67.7 Å². The number of carbonyl (C=O) groups excluding carboxylic acids is 1. The molecule has 0 fully saturated rings. The highest BCUT2D eigenvalue weighted by molar-refractivity contribution is 7.98. The standard InChI is InChI=1S/C23H22N2O3S3/c1-13(2)28-22(27)19-14(3)24-23-25(20(19)15-7-9-16(29-4)10-8-15)21(26)18(31-23)12-17-6-5-11-30-17/h5-13,20H,1-4H3/b18-12-/t20-/m1/s1. The van der Waals surface area contributed by atoms with Crippen LogP contribution in [0.2, 0.25) is 0 Å². The number of thiazole rings is 1. The molecule has 5 nitrogen and oxygen atoms in total. The van der Waals surface area contributed by atoms with Gasteiger partial charge in [-0.3, -0.25) is 9.36 Å². The van der Waals surface area contributed by atoms with Crippen LogP contribution in [0.25, 0.3) is 6.08 Å². The van der Waals surface area contributed by atoms with Crippen molar-refractivity contribution in [2.75, 3.05) is 6.26 Å². The highest BCUT2D eigenvalue weighted by Gasteiger charge is 2.33. The Balaban J connectivity index is 1.94. The molecule has 31 heavy (non-hydrogen) atoms. The van der Waals surface area contributed by atoms with Crippen LogP contribution in [-0.4, -0.2) is 22.9 Å². The highest BCUT2D eigenvalue weighted by atomic mass is 32.2. The predicted octanol–water partition coefficient (Wildman–Crippen LogP) is 3.97. The van der Waals surface area contributed by atoms with E-state index >= 15 is 0 Å². The lowest BCUT2D eigenvalue weighted by Gasteiger charge is -2.25. The van der Waals surface area contributed by atoms with Gasteiger partial charge in [-0.15, -0.1) is 23.1 Å². The third-order valence-electron chi connectivity index (χ3n) is 4.83. The van der Waals surface area contributed by atoms with Gasteiger partial charge in [-0.2, -0.15) is 0 Å². The van der Waals surface area contributed by atoms with Gasteiger partial charge in [0, 0.05) is 9.77 Å². The molecule has 0 spiro atoms. The molecule has 3 aromatic rings. The van der Waals surface area contributed by atoms with E-state index in [0.29, 0.717) is 20.6 Å². The molecule has 2 aromatic heterocycles. The molecule has 1 aromatic carbocycles. The molecule has 4 rings (SSSR count). The lowest BCUT2D eigenvalue weighted by Crippen LogP contribution is -2.40. The second-order valence-electron chi connectivity index (χ2n) is 7.32. The summed E-state index contributed by atoms with van der Waals surface area (Å²) in [5, 5.41) is 1.98. The van der Waals surface area contributed by atoms with E-state index in [-0.39, 0.29) is 11.7 Å². The number of rotatable bonds is 5. The van der Waals surface area contributed by atoms with Gasteiger partial charge in [-0.05, 0) is 62.2 Å². The SMILES string of the molecule is CSc1ccc([C@@H]2C(C(=O)OC(C)C)=C(C)N=c3s/c(=C\c4cccs4)c(=O)n32)cc1. The molecule has 1 aliphatic heterocycles. The molecule has 8 heteroatoms. The van der Waals surface area contributed by atoms with Crippen molar-refractivity contribution in [1.29, 1.82) is 0 Å². The fourth-order valence-corrected chi connectivity index (χ4v) is 5.64. The predicted molar refractivity (Wildman–Crippen MR) is 128 cm³/mol. The van der Waals surface area contributed by atoms with E-state index in [4.69, 9.17) is 4.74 Å². The first-order valence-corrected chi connectivity index (χ1v) is 12.7. The summed E-state index contributed by atoms with van der Waals surface area (Å²) in [4.78, 5) is 33.8. The molecule has 0 amide bonds. The number of esters is 1. The maximum Gasteiger partial charge on any atom is 0.338 e. The Morgan fingerprint density at radius 2 is 2.00 bits per heavy atom. The van der Waals surface area contributed by atoms with Gasteiger partial charge in [0.2, 0.25) is 0 Å². The smallest absolute Gasteiger partial charge is 0.338 e. The molecule has 0 saturated carbocycles. The summed E-state index contributed by atoms with van der Waals surface area (Å²) >= 11 is 4.56. The Morgan fingerprint density at radius 3 is 2.61 bits per heavy atom. The Bertz CT molecular complexity index is 1310. The molecule has 0 unspecified atom stereocenters. The summed E-state index contributed by atoms with van der Waals surface area (Å²) in [6, 6.07) is 11.3. The van der Waals surface area contributed by atoms with E-state index in [1.165, 1.54) is 11.3 Å². The molecule has 0 saturated heterocycles. The number of nitrogens with zero attached hydrogens (tertiary/aromatic N) is 2. The average molecular weight is 471 g/mol. The second-order valence-corrected chi connectivity index (χ2v) is 10.2. The van der Waals surface area contributed by atoms with E-state index in [1.807, 2.05) is 68.0 Å². The number of carbonyl (C=O) groups is 1. The first-order valence-electron chi connectivity index (χ1n) is 9.80. The van der Waals surface area contributed by atoms with Crippen molar-refractivity contribution >= 4 is 46.5 Å². The molecular formula is C23H22N2O3S3. The van der Waals surface area contributed by atoms with Crippen LogP contribution >= 0.6 is 34.4 Å². The number of benzene rings is 1. The lowest BCUT2D eigenvalue weighted by molar-refractivity contribution is -0.143. The minimum Gasteiger partial charge on any atom is -0.459 e. The number of allylic oxidation sites excluding steroid dienone is 1. The van der Waals surface area contributed by atoms with Crippen LogP contribution in [0.3, 0.4) is 0 Å². The zero-order chi connectivity index (χ0) is 22.1. The summed E-state index contributed by atoms with van der Waals surface area (Å²) in [6.07, 6.45) is 3.63. The molecular weight excluding hydrogens is 448 g/mol. The molecule has 0 radical (unpaired) electrons. The van der Waals surface area contributed by atoms with Crippen LogP contribution in [0.4, 0.5) is 0 Å². The summed E-state index contributed by atoms with van der Waals surface area (Å²) < 4.78 is 7.75. The zero-order valence-corrected chi connectivity index (χ0v) is 20.1. The van der Waals surface area contributed by atoms with Gasteiger partial charge in [0.25, 0.3) is 5.56 Å². The lowest BCUT2D eigenvalue weighted by atomic mass is 9.96. The van der Waals surface area contributed by atoms with Crippen molar-refractivity contribution in [3.8, 4) is 0 Å².